The highest BCUT2D eigenvalue weighted by Gasteiger charge is 2.17. The van der Waals surface area contributed by atoms with Gasteiger partial charge in [0.05, 0.1) is 6.04 Å². The van der Waals surface area contributed by atoms with Crippen molar-refractivity contribution in [2.75, 3.05) is 23.7 Å². The van der Waals surface area contributed by atoms with E-state index in [9.17, 15) is 0 Å². The number of hydrogen-bond acceptors (Lipinski definition) is 5. The van der Waals surface area contributed by atoms with Crippen LogP contribution in [0.15, 0.2) is 30.3 Å². The molecule has 3 N–H and O–H groups in total. The summed E-state index contributed by atoms with van der Waals surface area (Å²) in [5.41, 5.74) is 2.26. The van der Waals surface area contributed by atoms with Crippen LogP contribution >= 0.6 is 0 Å². The van der Waals surface area contributed by atoms with Gasteiger partial charge in [-0.15, -0.1) is 0 Å². The lowest BCUT2D eigenvalue weighted by Gasteiger charge is -2.28. The fourth-order valence-electron chi connectivity index (χ4n) is 2.18. The van der Waals surface area contributed by atoms with Gasteiger partial charge in [-0.3, -0.25) is 0 Å². The van der Waals surface area contributed by atoms with E-state index in [-0.39, 0.29) is 0 Å². The highest BCUT2D eigenvalue weighted by atomic mass is 15.1. The molecule has 1 aliphatic rings. The van der Waals surface area contributed by atoms with Gasteiger partial charge < -0.3 is 16.0 Å². The van der Waals surface area contributed by atoms with Crippen LogP contribution in [0.25, 0.3) is 0 Å². The van der Waals surface area contributed by atoms with Gasteiger partial charge in [-0.25, -0.2) is 9.97 Å². The zero-order chi connectivity index (χ0) is 13.9. The quantitative estimate of drug-likeness (QED) is 0.794. The highest BCUT2D eigenvalue weighted by Crippen LogP contribution is 2.19. The Hall–Kier alpha value is -2.14. The van der Waals surface area contributed by atoms with Crippen molar-refractivity contribution in [1.29, 1.82) is 0 Å². The maximum absolute atomic E-state index is 4.43. The molecule has 0 atom stereocenters. The fourth-order valence-corrected chi connectivity index (χ4v) is 2.18. The van der Waals surface area contributed by atoms with Gasteiger partial charge in [0.1, 0.15) is 17.5 Å². The molecule has 2 heterocycles. The number of aryl methyl sites for hydroxylation is 2. The average molecular weight is 269 g/mol. The normalized spacial score (nSPS) is 14.7. The minimum Gasteiger partial charge on any atom is -0.365 e. The average Bonchev–Trinajstić information content (AvgIpc) is 2.33. The fraction of sp³-hybridized carbons (Fsp3) is 0.333. The molecular weight excluding hydrogens is 250 g/mol. The largest absolute Gasteiger partial charge is 0.365 e. The molecule has 5 heteroatoms. The molecule has 1 saturated heterocycles. The molecule has 5 nitrogen and oxygen atoms in total. The maximum Gasteiger partial charge on any atom is 0.136 e. The molecule has 0 aliphatic carbocycles. The summed E-state index contributed by atoms with van der Waals surface area (Å²) < 4.78 is 0. The zero-order valence-electron chi connectivity index (χ0n) is 11.8. The highest BCUT2D eigenvalue weighted by molar-refractivity contribution is 5.60. The Kier molecular flexibility index (Phi) is 3.52. The predicted molar refractivity (Wildman–Crippen MR) is 81.5 cm³/mol. The van der Waals surface area contributed by atoms with Crippen LogP contribution in [-0.2, 0) is 0 Å². The Labute approximate surface area is 118 Å². The molecule has 0 spiro atoms. The van der Waals surface area contributed by atoms with Crippen molar-refractivity contribution in [2.45, 2.75) is 19.9 Å². The number of nitrogens with zero attached hydrogens (tertiary/aromatic N) is 2. The van der Waals surface area contributed by atoms with Crippen LogP contribution in [-0.4, -0.2) is 29.1 Å². The Morgan fingerprint density at radius 3 is 2.60 bits per heavy atom. The topological polar surface area (TPSA) is 61.9 Å². The molecule has 0 radical (unpaired) electrons. The van der Waals surface area contributed by atoms with Crippen molar-refractivity contribution in [3.05, 3.63) is 41.7 Å². The van der Waals surface area contributed by atoms with Crippen molar-refractivity contribution in [3.8, 4) is 0 Å². The van der Waals surface area contributed by atoms with E-state index in [1.807, 2.05) is 25.1 Å². The number of benzene rings is 1. The third-order valence-electron chi connectivity index (χ3n) is 3.26. The first-order chi connectivity index (χ1) is 9.69. The van der Waals surface area contributed by atoms with Gasteiger partial charge >= 0.3 is 0 Å². The Balaban J connectivity index is 1.78. The zero-order valence-corrected chi connectivity index (χ0v) is 11.8. The second-order valence-corrected chi connectivity index (χ2v) is 5.18. The number of anilines is 3. The van der Waals surface area contributed by atoms with Gasteiger partial charge in [-0.05, 0) is 31.5 Å². The van der Waals surface area contributed by atoms with Gasteiger partial charge in [-0.1, -0.05) is 12.1 Å². The van der Waals surface area contributed by atoms with Gasteiger partial charge in [0.2, 0.25) is 0 Å². The lowest BCUT2D eigenvalue weighted by molar-refractivity contribution is 0.471. The second-order valence-electron chi connectivity index (χ2n) is 5.18. The summed E-state index contributed by atoms with van der Waals surface area (Å²) >= 11 is 0. The summed E-state index contributed by atoms with van der Waals surface area (Å²) in [6, 6.07) is 10.7. The molecule has 20 heavy (non-hydrogen) atoms. The molecule has 0 amide bonds. The molecule has 3 rings (SSSR count). The first-order valence-corrected chi connectivity index (χ1v) is 6.86. The second kappa shape index (κ2) is 5.46. The first-order valence-electron chi connectivity index (χ1n) is 6.86. The standard InChI is InChI=1S/C15H19N5/c1-10-4-3-5-12(6-10)19-14-7-15(18-11(2)17-14)20-13-8-16-9-13/h3-7,13,16H,8-9H2,1-2H3,(H2,17,18,19,20). The van der Waals surface area contributed by atoms with Gasteiger partial charge in [0.25, 0.3) is 0 Å². The minimum atomic E-state index is 0.469. The lowest BCUT2D eigenvalue weighted by Crippen LogP contribution is -2.51. The van der Waals surface area contributed by atoms with Crippen LogP contribution < -0.4 is 16.0 Å². The number of hydrogen-bond donors (Lipinski definition) is 3. The monoisotopic (exact) mass is 269 g/mol. The van der Waals surface area contributed by atoms with E-state index in [1.165, 1.54) is 5.56 Å². The molecule has 1 aromatic carbocycles. The van der Waals surface area contributed by atoms with Gasteiger partial charge in [-0.2, -0.15) is 0 Å². The van der Waals surface area contributed by atoms with E-state index in [0.717, 1.165) is 36.2 Å². The summed E-state index contributed by atoms with van der Waals surface area (Å²) in [5.74, 6) is 2.45. The van der Waals surface area contributed by atoms with Crippen molar-refractivity contribution in [1.82, 2.24) is 15.3 Å². The summed E-state index contributed by atoms with van der Waals surface area (Å²) in [5, 5.41) is 9.97. The molecule has 0 saturated carbocycles. The van der Waals surface area contributed by atoms with Crippen molar-refractivity contribution < 1.29 is 0 Å². The molecule has 0 bridgehead atoms. The molecule has 1 aromatic heterocycles. The smallest absolute Gasteiger partial charge is 0.136 e. The minimum absolute atomic E-state index is 0.469. The van der Waals surface area contributed by atoms with Crippen molar-refractivity contribution in [3.63, 3.8) is 0 Å². The van der Waals surface area contributed by atoms with E-state index in [1.54, 1.807) is 0 Å². The lowest BCUT2D eigenvalue weighted by atomic mass is 10.2. The Morgan fingerprint density at radius 1 is 1.10 bits per heavy atom. The van der Waals surface area contributed by atoms with Crippen LogP contribution in [0.3, 0.4) is 0 Å². The van der Waals surface area contributed by atoms with E-state index in [2.05, 4.69) is 45.0 Å². The summed E-state index contributed by atoms with van der Waals surface area (Å²) in [6.07, 6.45) is 0. The summed E-state index contributed by atoms with van der Waals surface area (Å²) in [4.78, 5) is 8.86. The molecule has 1 aliphatic heterocycles. The van der Waals surface area contributed by atoms with Gasteiger partial charge in [0, 0.05) is 24.8 Å². The Bertz CT molecular complexity index is 607. The van der Waals surface area contributed by atoms with Crippen LogP contribution in [0.2, 0.25) is 0 Å². The molecule has 0 unspecified atom stereocenters. The number of rotatable bonds is 4. The van der Waals surface area contributed by atoms with Crippen LogP contribution in [0, 0.1) is 13.8 Å². The van der Waals surface area contributed by atoms with E-state index in [4.69, 9.17) is 0 Å². The summed E-state index contributed by atoms with van der Waals surface area (Å²) in [7, 11) is 0. The van der Waals surface area contributed by atoms with E-state index < -0.39 is 0 Å². The van der Waals surface area contributed by atoms with E-state index >= 15 is 0 Å². The molecule has 2 aromatic rings. The molecular formula is C15H19N5. The maximum atomic E-state index is 4.43. The van der Waals surface area contributed by atoms with Gasteiger partial charge in [0.15, 0.2) is 0 Å². The number of aromatic nitrogens is 2. The SMILES string of the molecule is Cc1cccc(Nc2cc(NC3CNC3)nc(C)n2)c1. The molecule has 1 fully saturated rings. The number of nitrogens with one attached hydrogen (secondary N) is 3. The molecule has 104 valence electrons. The van der Waals surface area contributed by atoms with E-state index in [0.29, 0.717) is 6.04 Å². The van der Waals surface area contributed by atoms with Crippen molar-refractivity contribution in [2.24, 2.45) is 0 Å². The third-order valence-corrected chi connectivity index (χ3v) is 3.26. The summed E-state index contributed by atoms with van der Waals surface area (Å²) in [6.45, 7) is 5.96. The third kappa shape index (κ3) is 3.05. The van der Waals surface area contributed by atoms with Crippen LogP contribution in [0.5, 0.6) is 0 Å². The van der Waals surface area contributed by atoms with Crippen molar-refractivity contribution >= 4 is 17.3 Å². The first kappa shape index (κ1) is 12.9. The van der Waals surface area contributed by atoms with Crippen LogP contribution in [0.4, 0.5) is 17.3 Å². The Morgan fingerprint density at radius 2 is 1.90 bits per heavy atom. The predicted octanol–water partition coefficient (Wildman–Crippen LogP) is 2.22. The van der Waals surface area contributed by atoms with Crippen LogP contribution in [0.1, 0.15) is 11.4 Å².